The highest BCUT2D eigenvalue weighted by molar-refractivity contribution is 6.37. The van der Waals surface area contributed by atoms with Crippen LogP contribution in [-0.2, 0) is 19.3 Å². The van der Waals surface area contributed by atoms with E-state index in [1.165, 1.54) is 42.1 Å². The van der Waals surface area contributed by atoms with Crippen LogP contribution in [0.25, 0.3) is 21.8 Å². The molecule has 69 heavy (non-hydrogen) atoms. The Labute approximate surface area is 413 Å². The van der Waals surface area contributed by atoms with E-state index in [2.05, 4.69) is 40.5 Å². The number of hydrogen-bond donors (Lipinski definition) is 4. The molecule has 0 saturated carbocycles. The monoisotopic (exact) mass is 1040 g/mol. The molecule has 0 fully saturated rings. The number of aromatic hydroxyl groups is 2. The third kappa shape index (κ3) is 11.4. The van der Waals surface area contributed by atoms with Gasteiger partial charge in [-0.3, -0.25) is 38.3 Å². The van der Waals surface area contributed by atoms with Crippen LogP contribution in [0, 0.1) is 13.8 Å². The minimum absolute atomic E-state index is 0.0117. The highest BCUT2D eigenvalue weighted by atomic mass is 35.5. The fourth-order valence-corrected chi connectivity index (χ4v) is 7.57. The SMILES string of the molecule is CC.Cc1ccc(NC(=O)c2cc(Cl)c(O)c(Cl)n2)c2c(=O)n(Cc3cccnc3C(F)(F)F)c(C)nc12.O=C(Nc1cccc2ncn(Cc3ncccc3Cl)c(=O)c12)c1cc(Cl)c(O)c(Cl)n1. The van der Waals surface area contributed by atoms with Crippen molar-refractivity contribution < 1.29 is 33.0 Å². The molecular formula is C45H34Cl5F3N10O6. The fraction of sp³-hybridized carbons (Fsp3) is 0.156. The first-order chi connectivity index (χ1) is 32.7. The number of amides is 2. The molecule has 0 bridgehead atoms. The molecule has 0 spiro atoms. The van der Waals surface area contributed by atoms with Crippen molar-refractivity contribution in [3.05, 3.63) is 171 Å². The van der Waals surface area contributed by atoms with E-state index in [1.54, 1.807) is 49.5 Å². The predicted octanol–water partition coefficient (Wildman–Crippen LogP) is 10.3. The molecule has 0 aliphatic carbocycles. The summed E-state index contributed by atoms with van der Waals surface area (Å²) < 4.78 is 42.8. The van der Waals surface area contributed by atoms with Crippen LogP contribution in [0.15, 0.2) is 95.0 Å². The highest BCUT2D eigenvalue weighted by Gasteiger charge is 2.35. The van der Waals surface area contributed by atoms with Gasteiger partial charge in [-0.1, -0.05) is 90.1 Å². The Morgan fingerprint density at radius 2 is 1.26 bits per heavy atom. The molecule has 2 aromatic carbocycles. The van der Waals surface area contributed by atoms with Crippen LogP contribution < -0.4 is 21.8 Å². The summed E-state index contributed by atoms with van der Waals surface area (Å²) in [5, 5.41) is 24.0. The molecule has 6 heterocycles. The van der Waals surface area contributed by atoms with Gasteiger partial charge in [0, 0.05) is 18.0 Å². The number of alkyl halides is 3. The molecule has 0 saturated heterocycles. The zero-order chi connectivity index (χ0) is 50.5. The minimum atomic E-state index is -4.71. The molecule has 356 valence electrons. The maximum absolute atomic E-state index is 13.5. The number of halogens is 8. The number of hydrogen-bond acceptors (Lipinski definition) is 12. The number of nitrogens with one attached hydrogen (secondary N) is 2. The second-order valence-electron chi connectivity index (χ2n) is 14.2. The molecule has 0 atom stereocenters. The second-order valence-corrected chi connectivity index (χ2v) is 16.1. The summed E-state index contributed by atoms with van der Waals surface area (Å²) in [6, 6.07) is 16.2. The van der Waals surface area contributed by atoms with Gasteiger partial charge in [-0.15, -0.1) is 0 Å². The summed E-state index contributed by atoms with van der Waals surface area (Å²) >= 11 is 29.5. The number of carbonyl (C=O) groups excluding carboxylic acids is 2. The van der Waals surface area contributed by atoms with Gasteiger partial charge in [0.05, 0.1) is 73.4 Å². The fourth-order valence-electron chi connectivity index (χ4n) is 6.52. The van der Waals surface area contributed by atoms with Gasteiger partial charge in [0.2, 0.25) is 0 Å². The van der Waals surface area contributed by atoms with Crippen molar-refractivity contribution in [1.29, 1.82) is 0 Å². The lowest BCUT2D eigenvalue weighted by Gasteiger charge is -2.17. The van der Waals surface area contributed by atoms with Gasteiger partial charge in [-0.25, -0.2) is 19.9 Å². The number of pyridine rings is 4. The van der Waals surface area contributed by atoms with Gasteiger partial charge in [-0.05, 0) is 67.9 Å². The van der Waals surface area contributed by atoms with Crippen molar-refractivity contribution in [1.82, 2.24) is 39.0 Å². The summed E-state index contributed by atoms with van der Waals surface area (Å²) in [6.07, 6.45) is -0.725. The van der Waals surface area contributed by atoms with E-state index in [-0.39, 0.29) is 72.2 Å². The van der Waals surface area contributed by atoms with Crippen LogP contribution in [0.5, 0.6) is 11.5 Å². The van der Waals surface area contributed by atoms with Crippen LogP contribution >= 0.6 is 58.0 Å². The number of fused-ring (bicyclic) bond motifs is 2. The lowest BCUT2D eigenvalue weighted by atomic mass is 10.1. The van der Waals surface area contributed by atoms with Crippen LogP contribution in [0.3, 0.4) is 0 Å². The predicted molar refractivity (Wildman–Crippen MR) is 257 cm³/mol. The Bertz CT molecular complexity index is 3380. The molecule has 6 aromatic heterocycles. The van der Waals surface area contributed by atoms with E-state index in [0.717, 1.165) is 16.8 Å². The van der Waals surface area contributed by atoms with Crippen molar-refractivity contribution in [2.45, 2.75) is 47.0 Å². The van der Waals surface area contributed by atoms with E-state index >= 15 is 0 Å². The quantitative estimate of drug-likeness (QED) is 0.104. The van der Waals surface area contributed by atoms with Crippen molar-refractivity contribution in [2.24, 2.45) is 0 Å². The van der Waals surface area contributed by atoms with Crippen LogP contribution in [-0.4, -0.2) is 61.1 Å². The molecular weight excluding hydrogens is 1010 g/mol. The molecule has 8 rings (SSSR count). The smallest absolute Gasteiger partial charge is 0.433 e. The van der Waals surface area contributed by atoms with Gasteiger partial charge in [0.25, 0.3) is 22.9 Å². The molecule has 16 nitrogen and oxygen atoms in total. The number of carbonyl (C=O) groups is 2. The lowest BCUT2D eigenvalue weighted by molar-refractivity contribution is -0.141. The van der Waals surface area contributed by atoms with Crippen molar-refractivity contribution in [3.63, 3.8) is 0 Å². The van der Waals surface area contributed by atoms with Gasteiger partial charge >= 0.3 is 6.18 Å². The minimum Gasteiger partial charge on any atom is -0.504 e. The molecule has 0 aliphatic rings. The number of aryl methyl sites for hydroxylation is 2. The molecule has 0 aliphatic heterocycles. The van der Waals surface area contributed by atoms with E-state index < -0.39 is 58.0 Å². The Hall–Kier alpha value is -6.90. The Morgan fingerprint density at radius 1 is 0.681 bits per heavy atom. The number of anilines is 2. The van der Waals surface area contributed by atoms with Gasteiger partial charge < -0.3 is 20.8 Å². The first-order valence-electron chi connectivity index (χ1n) is 20.1. The largest absolute Gasteiger partial charge is 0.504 e. The van der Waals surface area contributed by atoms with Crippen molar-refractivity contribution in [2.75, 3.05) is 10.6 Å². The maximum atomic E-state index is 13.5. The first-order valence-corrected chi connectivity index (χ1v) is 21.9. The van der Waals surface area contributed by atoms with Gasteiger partial charge in [-0.2, -0.15) is 13.2 Å². The first kappa shape index (κ1) is 51.5. The van der Waals surface area contributed by atoms with Crippen LogP contribution in [0.4, 0.5) is 24.5 Å². The van der Waals surface area contributed by atoms with Gasteiger partial charge in [0.15, 0.2) is 21.8 Å². The second kappa shape index (κ2) is 21.6. The molecule has 2 amide bonds. The summed E-state index contributed by atoms with van der Waals surface area (Å²) in [5.41, 5.74) is -0.692. The highest BCUT2D eigenvalue weighted by Crippen LogP contribution is 2.33. The summed E-state index contributed by atoms with van der Waals surface area (Å²) in [4.78, 5) is 76.1. The lowest BCUT2D eigenvalue weighted by Crippen LogP contribution is -2.27. The van der Waals surface area contributed by atoms with Gasteiger partial charge in [0.1, 0.15) is 22.9 Å². The number of benzene rings is 2. The molecule has 0 radical (unpaired) electrons. The third-order valence-electron chi connectivity index (χ3n) is 9.77. The van der Waals surface area contributed by atoms with E-state index in [1.807, 2.05) is 13.8 Å². The number of nitrogens with zero attached hydrogens (tertiary/aromatic N) is 8. The molecule has 0 unspecified atom stereocenters. The summed E-state index contributed by atoms with van der Waals surface area (Å²) in [7, 11) is 0. The number of aromatic nitrogens is 8. The molecule has 8 aromatic rings. The Balaban J connectivity index is 0.000000221. The Morgan fingerprint density at radius 3 is 1.84 bits per heavy atom. The summed E-state index contributed by atoms with van der Waals surface area (Å²) in [6.45, 7) is 6.87. The van der Waals surface area contributed by atoms with Crippen LogP contribution in [0.1, 0.15) is 63.2 Å². The normalized spacial score (nSPS) is 11.1. The maximum Gasteiger partial charge on any atom is 0.433 e. The van der Waals surface area contributed by atoms with E-state index in [4.69, 9.17) is 58.0 Å². The standard InChI is InChI=1S/C23H16Cl2F3N5O3.C20H12Cl3N5O3.C2H6/c1-10-5-6-14(32-21(35)15-8-13(24)18(34)20(25)31-15)16-17(10)30-11(2)33(22(16)36)9-12-4-3-7-29-19(12)23(26,27)28;21-10-3-2-6-24-15(10)8-28-9-25-12-4-1-5-13(16(12)20(28)31)27-19(30)14-7-11(22)17(29)18(23)26-14;1-2/h3-8,34H,9H2,1-2H3,(H,32,35);1-7,9,29H,8H2,(H,27,30);1-2H3. The van der Waals surface area contributed by atoms with Crippen LogP contribution in [0.2, 0.25) is 25.4 Å². The molecule has 4 N–H and O–H groups in total. The zero-order valence-electron chi connectivity index (χ0n) is 36.1. The average molecular weight is 1050 g/mol. The van der Waals surface area contributed by atoms with Crippen molar-refractivity contribution in [3.8, 4) is 11.5 Å². The van der Waals surface area contributed by atoms with Crippen molar-refractivity contribution >= 4 is 103 Å². The number of rotatable bonds is 8. The van der Waals surface area contributed by atoms with E-state index in [9.17, 15) is 42.6 Å². The average Bonchev–Trinajstić information content (AvgIpc) is 3.31. The zero-order valence-corrected chi connectivity index (χ0v) is 39.9. The topological polar surface area (TPSA) is 220 Å². The summed E-state index contributed by atoms with van der Waals surface area (Å²) in [5.74, 6) is -2.20. The Kier molecular flexibility index (Phi) is 16.1. The van der Waals surface area contributed by atoms with E-state index in [0.29, 0.717) is 21.8 Å². The third-order valence-corrected chi connectivity index (χ3v) is 11.2. The molecule has 24 heteroatoms.